The number of likely N-dealkylation sites (tertiary alicyclic amines) is 1. The highest BCUT2D eigenvalue weighted by molar-refractivity contribution is 5.83. The van der Waals surface area contributed by atoms with Gasteiger partial charge < -0.3 is 11.1 Å². The number of hydrogen-bond donors (Lipinski definition) is 2. The molecule has 42 heavy (non-hydrogen) atoms. The van der Waals surface area contributed by atoms with Crippen LogP contribution in [0.3, 0.4) is 0 Å². The summed E-state index contributed by atoms with van der Waals surface area (Å²) < 4.78 is 2.09. The third-order valence-electron chi connectivity index (χ3n) is 7.65. The van der Waals surface area contributed by atoms with Crippen molar-refractivity contribution < 1.29 is 0 Å². The maximum atomic E-state index is 9.05. The van der Waals surface area contributed by atoms with E-state index in [-0.39, 0.29) is 11.2 Å². The second-order valence-electron chi connectivity index (χ2n) is 11.7. The minimum Gasteiger partial charge on any atom is -0.383 e. The summed E-state index contributed by atoms with van der Waals surface area (Å²) in [5.74, 6) is 2.05. The lowest BCUT2D eigenvalue weighted by atomic mass is 9.92. The Bertz CT molecular complexity index is 1750. The van der Waals surface area contributed by atoms with E-state index in [2.05, 4.69) is 80.8 Å². The summed E-state index contributed by atoms with van der Waals surface area (Å²) in [6.07, 6.45) is 5.31. The van der Waals surface area contributed by atoms with Crippen LogP contribution in [0, 0.1) is 11.3 Å². The summed E-state index contributed by atoms with van der Waals surface area (Å²) in [6.45, 7) is 9.32. The molecule has 5 heterocycles. The Morgan fingerprint density at radius 1 is 0.952 bits per heavy atom. The van der Waals surface area contributed by atoms with Gasteiger partial charge in [0.1, 0.15) is 23.2 Å². The molecule has 10 nitrogen and oxygen atoms in total. The van der Waals surface area contributed by atoms with E-state index in [1.165, 1.54) is 5.56 Å². The molecule has 1 aliphatic rings. The molecule has 1 saturated heterocycles. The molecule has 0 atom stereocenters. The smallest absolute Gasteiger partial charge is 0.234 e. The normalized spacial score (nSPS) is 14.6. The number of nitrogens with two attached hydrogens (primary N) is 1. The number of aromatic nitrogens is 6. The van der Waals surface area contributed by atoms with Crippen LogP contribution < -0.4 is 11.1 Å². The number of benzene rings is 1. The van der Waals surface area contributed by atoms with E-state index in [1.54, 1.807) is 12.4 Å². The number of rotatable bonds is 6. The number of pyridine rings is 2. The molecule has 0 bridgehead atoms. The third kappa shape index (κ3) is 5.64. The van der Waals surface area contributed by atoms with Gasteiger partial charge in [-0.2, -0.15) is 5.26 Å². The van der Waals surface area contributed by atoms with Crippen molar-refractivity contribution in [1.82, 2.24) is 34.4 Å². The molecule has 6 rings (SSSR count). The van der Waals surface area contributed by atoms with Gasteiger partial charge >= 0.3 is 0 Å². The number of anilines is 2. The van der Waals surface area contributed by atoms with E-state index in [9.17, 15) is 0 Å². The van der Waals surface area contributed by atoms with Gasteiger partial charge in [-0.15, -0.1) is 0 Å². The molecule has 1 aliphatic heterocycles. The minimum atomic E-state index is -0.0992. The van der Waals surface area contributed by atoms with Crippen molar-refractivity contribution in [3.8, 4) is 23.1 Å². The predicted molar refractivity (Wildman–Crippen MR) is 164 cm³/mol. The number of imidazole rings is 1. The molecule has 212 valence electrons. The van der Waals surface area contributed by atoms with E-state index in [1.807, 2.05) is 30.3 Å². The third-order valence-corrected chi connectivity index (χ3v) is 7.65. The Balaban J connectivity index is 1.22. The van der Waals surface area contributed by atoms with Crippen LogP contribution in [-0.2, 0) is 12.0 Å². The fourth-order valence-electron chi connectivity index (χ4n) is 5.35. The van der Waals surface area contributed by atoms with Crippen molar-refractivity contribution in [1.29, 1.82) is 5.26 Å². The van der Waals surface area contributed by atoms with E-state index in [4.69, 9.17) is 21.0 Å². The summed E-state index contributed by atoms with van der Waals surface area (Å²) in [4.78, 5) is 25.0. The maximum absolute atomic E-state index is 9.05. The number of piperidine rings is 1. The summed E-state index contributed by atoms with van der Waals surface area (Å²) in [6, 6.07) is 20.7. The first-order valence-corrected chi connectivity index (χ1v) is 14.2. The predicted octanol–water partition coefficient (Wildman–Crippen LogP) is 5.10. The second kappa shape index (κ2) is 11.2. The lowest BCUT2D eigenvalue weighted by Crippen LogP contribution is -2.38. The zero-order valence-corrected chi connectivity index (χ0v) is 24.1. The molecule has 0 saturated carbocycles. The van der Waals surface area contributed by atoms with Gasteiger partial charge in [0, 0.05) is 54.9 Å². The molecule has 0 unspecified atom stereocenters. The fourth-order valence-corrected chi connectivity index (χ4v) is 5.35. The lowest BCUT2D eigenvalue weighted by molar-refractivity contribution is 0.211. The SMILES string of the molecule is CC(C)(C)c1ccc2nc(-c3cccnc3N)n(-c3ccc(CN4CCC(Nc5ccnc(C#N)n5)CC4)cc3)c2n1. The number of nitrogens with one attached hydrogen (secondary N) is 1. The molecule has 5 aromatic rings. The van der Waals surface area contributed by atoms with Gasteiger partial charge in [-0.1, -0.05) is 32.9 Å². The number of nitrogen functional groups attached to an aromatic ring is 1. The maximum Gasteiger partial charge on any atom is 0.234 e. The molecule has 1 aromatic carbocycles. The molecule has 0 amide bonds. The van der Waals surface area contributed by atoms with Gasteiger partial charge in [0.25, 0.3) is 0 Å². The number of hydrogen-bond acceptors (Lipinski definition) is 9. The first-order valence-electron chi connectivity index (χ1n) is 14.2. The van der Waals surface area contributed by atoms with Crippen LogP contribution in [0.2, 0.25) is 0 Å². The largest absolute Gasteiger partial charge is 0.383 e. The highest BCUT2D eigenvalue weighted by Gasteiger charge is 2.23. The molecular formula is C32H34N10. The molecule has 1 fully saturated rings. The summed E-state index contributed by atoms with van der Waals surface area (Å²) in [5.41, 5.74) is 11.8. The van der Waals surface area contributed by atoms with Crippen LogP contribution in [0.5, 0.6) is 0 Å². The van der Waals surface area contributed by atoms with Gasteiger partial charge in [0.2, 0.25) is 5.82 Å². The lowest BCUT2D eigenvalue weighted by Gasteiger charge is -2.32. The monoisotopic (exact) mass is 558 g/mol. The van der Waals surface area contributed by atoms with Crippen LogP contribution in [0.15, 0.2) is 67.0 Å². The number of nitrogens with zero attached hydrogens (tertiary/aromatic N) is 8. The highest BCUT2D eigenvalue weighted by Crippen LogP contribution is 2.32. The zero-order chi connectivity index (χ0) is 29.3. The van der Waals surface area contributed by atoms with Crippen molar-refractivity contribution in [2.75, 3.05) is 24.1 Å². The Hall–Kier alpha value is -4.88. The number of fused-ring (bicyclic) bond motifs is 1. The molecular weight excluding hydrogens is 524 g/mol. The van der Waals surface area contributed by atoms with Crippen LogP contribution >= 0.6 is 0 Å². The van der Waals surface area contributed by atoms with E-state index >= 15 is 0 Å². The first kappa shape index (κ1) is 27.3. The van der Waals surface area contributed by atoms with Gasteiger partial charge in [-0.25, -0.2) is 24.9 Å². The van der Waals surface area contributed by atoms with Gasteiger partial charge in [-0.3, -0.25) is 9.47 Å². The quantitative estimate of drug-likeness (QED) is 0.292. The van der Waals surface area contributed by atoms with Gasteiger partial charge in [0.15, 0.2) is 11.5 Å². The fraction of sp³-hybridized carbons (Fsp3) is 0.312. The Morgan fingerprint density at radius 2 is 1.74 bits per heavy atom. The topological polar surface area (TPSA) is 134 Å². The first-order chi connectivity index (χ1) is 20.3. The zero-order valence-electron chi connectivity index (χ0n) is 24.1. The van der Waals surface area contributed by atoms with Crippen molar-refractivity contribution in [2.24, 2.45) is 0 Å². The molecule has 3 N–H and O–H groups in total. The van der Waals surface area contributed by atoms with Crippen molar-refractivity contribution in [2.45, 2.75) is 51.6 Å². The number of nitriles is 1. The van der Waals surface area contributed by atoms with Crippen LogP contribution in [0.1, 0.15) is 50.7 Å². The van der Waals surface area contributed by atoms with Gasteiger partial charge in [0.05, 0.1) is 5.56 Å². The van der Waals surface area contributed by atoms with E-state index < -0.39 is 0 Å². The summed E-state index contributed by atoms with van der Waals surface area (Å²) in [5, 5.41) is 12.5. The van der Waals surface area contributed by atoms with Crippen molar-refractivity contribution in [3.63, 3.8) is 0 Å². The van der Waals surface area contributed by atoms with Crippen molar-refractivity contribution in [3.05, 3.63) is 84.1 Å². The van der Waals surface area contributed by atoms with E-state index in [0.717, 1.165) is 66.4 Å². The molecule has 0 spiro atoms. The molecule has 10 heteroatoms. The van der Waals surface area contributed by atoms with Crippen molar-refractivity contribution >= 4 is 22.8 Å². The molecule has 0 radical (unpaired) electrons. The average Bonchev–Trinajstić information content (AvgIpc) is 3.37. The second-order valence-corrected chi connectivity index (χ2v) is 11.7. The molecule has 4 aromatic heterocycles. The van der Waals surface area contributed by atoms with E-state index in [0.29, 0.717) is 17.7 Å². The van der Waals surface area contributed by atoms with Crippen LogP contribution in [0.4, 0.5) is 11.6 Å². The summed E-state index contributed by atoms with van der Waals surface area (Å²) in [7, 11) is 0. The Morgan fingerprint density at radius 3 is 2.45 bits per heavy atom. The molecule has 0 aliphatic carbocycles. The Labute approximate surface area is 245 Å². The van der Waals surface area contributed by atoms with Crippen LogP contribution in [0.25, 0.3) is 28.2 Å². The van der Waals surface area contributed by atoms with Crippen LogP contribution in [-0.4, -0.2) is 53.5 Å². The minimum absolute atomic E-state index is 0.0992. The van der Waals surface area contributed by atoms with Gasteiger partial charge in [-0.05, 0) is 60.9 Å². The highest BCUT2D eigenvalue weighted by atomic mass is 15.2. The average molecular weight is 559 g/mol. The Kier molecular flexibility index (Phi) is 7.27. The standard InChI is InChI=1S/C32H34N10/c1-32(2,3)26-11-10-25-31(39-26)42(30(38-25)24-5-4-15-36-29(24)34)23-8-6-21(7-9-23)20-41-17-13-22(14-18-41)37-27-12-16-35-28(19-33)40-27/h4-12,15-16,22H,13-14,17-18,20H2,1-3H3,(H2,34,36)(H,35,37,40). The summed E-state index contributed by atoms with van der Waals surface area (Å²) >= 11 is 0.